The molecule has 0 saturated carbocycles. The van der Waals surface area contributed by atoms with E-state index in [1.54, 1.807) is 36.5 Å². The Kier molecular flexibility index (Phi) is 9.86. The van der Waals surface area contributed by atoms with Gasteiger partial charge in [0, 0.05) is 55.9 Å². The number of anilines is 1. The number of halogens is 1. The molecule has 1 saturated heterocycles. The third kappa shape index (κ3) is 8.71. The summed E-state index contributed by atoms with van der Waals surface area (Å²) < 4.78 is 24.7. The lowest BCUT2D eigenvalue weighted by atomic mass is 10.1. The van der Waals surface area contributed by atoms with E-state index in [2.05, 4.69) is 20.9 Å². The topological polar surface area (TPSA) is 160 Å². The molecule has 1 fully saturated rings. The zero-order valence-electron chi connectivity index (χ0n) is 22.0. The first-order chi connectivity index (χ1) is 19.6. The molecule has 3 N–H and O–H groups in total. The predicted octanol–water partition coefficient (Wildman–Crippen LogP) is 0.860. The van der Waals surface area contributed by atoms with Crippen LogP contribution in [0.4, 0.5) is 5.82 Å². The van der Waals surface area contributed by atoms with Crippen molar-refractivity contribution < 1.29 is 22.8 Å². The van der Waals surface area contributed by atoms with Crippen molar-refractivity contribution in [1.82, 2.24) is 25.1 Å². The molecule has 1 aromatic carbocycles. The molecule has 14 heteroatoms. The fraction of sp³-hybridized carbons (Fsp3) is 0.296. The summed E-state index contributed by atoms with van der Waals surface area (Å²) in [5.41, 5.74) is 0.556. The number of hydrogen-bond acceptors (Lipinski definition) is 8. The quantitative estimate of drug-likeness (QED) is 0.309. The lowest BCUT2D eigenvalue weighted by molar-refractivity contribution is -0.126. The number of pyridine rings is 2. The molecule has 0 radical (unpaired) electrons. The fourth-order valence-electron chi connectivity index (χ4n) is 4.13. The van der Waals surface area contributed by atoms with Crippen LogP contribution in [0.3, 0.4) is 0 Å². The maximum atomic E-state index is 13.1. The standard InChI is InChI=1S/C27H29ClN6O6S/c28-20-6-9-23(30-18-20)32-24(35)17-22(27(38)29-10-12-33-13-15-41(39,40)16-14-33)31-26(37)19-4-7-21(8-5-19)34-11-2-1-3-25(34)36/h1-9,11,18,22H,10,12-17H2,(H,29,38)(H,31,37)(H,30,32,35)/t22-/m0/s1. The predicted molar refractivity (Wildman–Crippen MR) is 154 cm³/mol. The Morgan fingerprint density at radius 3 is 2.39 bits per heavy atom. The summed E-state index contributed by atoms with van der Waals surface area (Å²) in [7, 11) is -3.02. The van der Waals surface area contributed by atoms with Gasteiger partial charge in [0.25, 0.3) is 11.5 Å². The van der Waals surface area contributed by atoms with Gasteiger partial charge in [-0.05, 0) is 42.5 Å². The van der Waals surface area contributed by atoms with Crippen LogP contribution in [0.2, 0.25) is 5.02 Å². The molecule has 2 aromatic heterocycles. The SMILES string of the molecule is O=C(C[C@H](NC(=O)c1ccc(-n2ccccc2=O)cc1)C(=O)NCCN1CCS(=O)(=O)CC1)Nc1ccc(Cl)cn1. The number of rotatable bonds is 10. The van der Waals surface area contributed by atoms with Crippen LogP contribution in [-0.4, -0.2) is 84.3 Å². The van der Waals surface area contributed by atoms with Crippen molar-refractivity contribution >= 4 is 45.0 Å². The molecular formula is C27H29ClN6O6S. The Labute approximate surface area is 241 Å². The van der Waals surface area contributed by atoms with Gasteiger partial charge in [0.05, 0.1) is 22.9 Å². The van der Waals surface area contributed by atoms with E-state index >= 15 is 0 Å². The van der Waals surface area contributed by atoms with Gasteiger partial charge >= 0.3 is 0 Å². The summed E-state index contributed by atoms with van der Waals surface area (Å²) >= 11 is 5.83. The first-order valence-corrected chi connectivity index (χ1v) is 15.0. The minimum atomic E-state index is -3.02. The van der Waals surface area contributed by atoms with Crippen molar-refractivity contribution in [2.75, 3.05) is 43.0 Å². The molecule has 0 spiro atoms. The summed E-state index contributed by atoms with van der Waals surface area (Å²) in [5.74, 6) is -1.35. The molecule has 216 valence electrons. The first kappa shape index (κ1) is 29.9. The second-order valence-electron chi connectivity index (χ2n) is 9.38. The number of carbonyl (C=O) groups is 3. The smallest absolute Gasteiger partial charge is 0.255 e. The van der Waals surface area contributed by atoms with Crippen LogP contribution in [0.1, 0.15) is 16.8 Å². The van der Waals surface area contributed by atoms with E-state index in [0.29, 0.717) is 30.3 Å². The monoisotopic (exact) mass is 600 g/mol. The maximum absolute atomic E-state index is 13.1. The third-order valence-corrected chi connectivity index (χ3v) is 8.23. The molecule has 0 bridgehead atoms. The number of carbonyl (C=O) groups excluding carboxylic acids is 3. The molecule has 3 amide bonds. The van der Waals surface area contributed by atoms with Crippen LogP contribution in [0.5, 0.6) is 0 Å². The molecule has 1 aliphatic heterocycles. The number of benzene rings is 1. The molecular weight excluding hydrogens is 572 g/mol. The molecule has 12 nitrogen and oxygen atoms in total. The summed E-state index contributed by atoms with van der Waals surface area (Å²) in [5, 5.41) is 8.31. The van der Waals surface area contributed by atoms with E-state index in [1.807, 2.05) is 4.90 Å². The number of nitrogens with one attached hydrogen (secondary N) is 3. The van der Waals surface area contributed by atoms with Gasteiger partial charge < -0.3 is 16.0 Å². The number of nitrogens with zero attached hydrogens (tertiary/aromatic N) is 3. The van der Waals surface area contributed by atoms with E-state index in [0.717, 1.165) is 0 Å². The van der Waals surface area contributed by atoms with Gasteiger partial charge in [0.1, 0.15) is 11.9 Å². The molecule has 1 atom stereocenters. The summed E-state index contributed by atoms with van der Waals surface area (Å²) in [6, 6.07) is 12.8. The Balaban J connectivity index is 1.41. The lowest BCUT2D eigenvalue weighted by Gasteiger charge is -2.26. The normalized spacial score (nSPS) is 15.4. The minimum absolute atomic E-state index is 0.0657. The van der Waals surface area contributed by atoms with Gasteiger partial charge in [-0.25, -0.2) is 13.4 Å². The number of amides is 3. The maximum Gasteiger partial charge on any atom is 0.255 e. The van der Waals surface area contributed by atoms with Gasteiger partial charge in [0.2, 0.25) is 11.8 Å². The van der Waals surface area contributed by atoms with E-state index in [-0.39, 0.29) is 41.4 Å². The van der Waals surface area contributed by atoms with E-state index in [4.69, 9.17) is 11.6 Å². The first-order valence-electron chi connectivity index (χ1n) is 12.8. The van der Waals surface area contributed by atoms with Crippen LogP contribution in [0, 0.1) is 0 Å². The average Bonchev–Trinajstić information content (AvgIpc) is 2.95. The Bertz CT molecular complexity index is 1550. The highest BCUT2D eigenvalue weighted by Crippen LogP contribution is 2.12. The highest BCUT2D eigenvalue weighted by atomic mass is 35.5. The van der Waals surface area contributed by atoms with Crippen LogP contribution >= 0.6 is 11.6 Å². The van der Waals surface area contributed by atoms with Crippen molar-refractivity contribution in [2.24, 2.45) is 0 Å². The van der Waals surface area contributed by atoms with Crippen molar-refractivity contribution in [1.29, 1.82) is 0 Å². The van der Waals surface area contributed by atoms with Crippen molar-refractivity contribution in [2.45, 2.75) is 12.5 Å². The van der Waals surface area contributed by atoms with Gasteiger partial charge in [-0.15, -0.1) is 0 Å². The molecule has 0 aliphatic carbocycles. The minimum Gasteiger partial charge on any atom is -0.353 e. The zero-order chi connectivity index (χ0) is 29.4. The molecule has 0 unspecified atom stereocenters. The number of hydrogen-bond donors (Lipinski definition) is 3. The molecule has 4 rings (SSSR count). The van der Waals surface area contributed by atoms with Crippen LogP contribution in [0.25, 0.3) is 5.69 Å². The van der Waals surface area contributed by atoms with Gasteiger partial charge in [-0.1, -0.05) is 17.7 Å². The molecule has 3 aromatic rings. The average molecular weight is 601 g/mol. The number of aromatic nitrogens is 2. The summed E-state index contributed by atoms with van der Waals surface area (Å²) in [6.45, 7) is 1.37. The van der Waals surface area contributed by atoms with Crippen LogP contribution < -0.4 is 21.5 Å². The Morgan fingerprint density at radius 2 is 1.73 bits per heavy atom. The number of sulfone groups is 1. The van der Waals surface area contributed by atoms with E-state index in [1.165, 1.54) is 35.0 Å². The Morgan fingerprint density at radius 1 is 1.00 bits per heavy atom. The fourth-order valence-corrected chi connectivity index (χ4v) is 5.52. The molecule has 41 heavy (non-hydrogen) atoms. The Hall–Kier alpha value is -4.07. The highest BCUT2D eigenvalue weighted by molar-refractivity contribution is 7.91. The van der Waals surface area contributed by atoms with Gasteiger partial charge in [0.15, 0.2) is 9.84 Å². The van der Waals surface area contributed by atoms with Crippen molar-refractivity contribution in [3.8, 4) is 5.69 Å². The molecule has 3 heterocycles. The van der Waals surface area contributed by atoms with Gasteiger partial charge in [-0.2, -0.15) is 0 Å². The summed E-state index contributed by atoms with van der Waals surface area (Å²) in [4.78, 5) is 56.9. The molecule has 1 aliphatic rings. The third-order valence-electron chi connectivity index (χ3n) is 6.40. The van der Waals surface area contributed by atoms with E-state index in [9.17, 15) is 27.6 Å². The zero-order valence-corrected chi connectivity index (χ0v) is 23.5. The van der Waals surface area contributed by atoms with Crippen molar-refractivity contribution in [3.63, 3.8) is 0 Å². The summed E-state index contributed by atoms with van der Waals surface area (Å²) in [6.07, 6.45) is 2.60. The second-order valence-corrected chi connectivity index (χ2v) is 12.1. The highest BCUT2D eigenvalue weighted by Gasteiger charge is 2.26. The van der Waals surface area contributed by atoms with E-state index < -0.39 is 33.6 Å². The van der Waals surface area contributed by atoms with Crippen LogP contribution in [0.15, 0.2) is 71.8 Å². The van der Waals surface area contributed by atoms with Crippen LogP contribution in [-0.2, 0) is 19.4 Å². The largest absolute Gasteiger partial charge is 0.353 e. The van der Waals surface area contributed by atoms with Gasteiger partial charge in [-0.3, -0.25) is 28.6 Å². The lowest BCUT2D eigenvalue weighted by Crippen LogP contribution is -2.50. The van der Waals surface area contributed by atoms with Crippen molar-refractivity contribution in [3.05, 3.63) is 87.9 Å². The second kappa shape index (κ2) is 13.5.